The summed E-state index contributed by atoms with van der Waals surface area (Å²) in [6, 6.07) is 21.1. The third kappa shape index (κ3) is 3.04. The van der Waals surface area contributed by atoms with E-state index in [9.17, 15) is 0 Å². The number of hydrogen-bond acceptors (Lipinski definition) is 3. The van der Waals surface area contributed by atoms with E-state index in [1.807, 2.05) is 18.2 Å². The summed E-state index contributed by atoms with van der Waals surface area (Å²) in [4.78, 5) is 3.67. The van der Waals surface area contributed by atoms with Crippen molar-refractivity contribution in [3.05, 3.63) is 83.0 Å². The second-order valence-electron chi connectivity index (χ2n) is 7.86. The minimum absolute atomic E-state index is 0.0233. The van der Waals surface area contributed by atoms with Crippen LogP contribution in [0.2, 0.25) is 0 Å². The van der Waals surface area contributed by atoms with Gasteiger partial charge in [-0.3, -0.25) is 0 Å². The van der Waals surface area contributed by atoms with Gasteiger partial charge in [-0.25, -0.2) is 0 Å². The summed E-state index contributed by atoms with van der Waals surface area (Å²) in [5.74, 6) is 1.70. The van der Waals surface area contributed by atoms with Crippen LogP contribution in [-0.4, -0.2) is 25.7 Å². The Morgan fingerprint density at radius 3 is 2.47 bits per heavy atom. The van der Waals surface area contributed by atoms with Gasteiger partial charge in [0.05, 0.1) is 20.3 Å². The first-order valence-corrected chi connectivity index (χ1v) is 10.4. The number of aryl methyl sites for hydroxylation is 1. The molecule has 3 aromatic carbocycles. The zero-order chi connectivity index (χ0) is 20.7. The number of benzene rings is 3. The van der Waals surface area contributed by atoms with Crippen LogP contribution in [-0.2, 0) is 6.42 Å². The highest BCUT2D eigenvalue weighted by molar-refractivity contribution is 5.86. The highest BCUT2D eigenvalue weighted by Crippen LogP contribution is 2.42. The highest BCUT2D eigenvalue weighted by Gasteiger charge is 2.28. The number of methoxy groups -OCH3 is 2. The third-order valence-electron chi connectivity index (χ3n) is 6.05. The molecule has 0 saturated heterocycles. The third-order valence-corrected chi connectivity index (χ3v) is 6.05. The van der Waals surface area contributed by atoms with Gasteiger partial charge < -0.3 is 19.8 Å². The number of hydrogen-bond donors (Lipinski definition) is 2. The zero-order valence-corrected chi connectivity index (χ0v) is 17.6. The molecule has 0 aliphatic carbocycles. The van der Waals surface area contributed by atoms with E-state index in [1.54, 1.807) is 14.2 Å². The molecule has 1 aliphatic heterocycles. The summed E-state index contributed by atoms with van der Waals surface area (Å²) in [5.41, 5.74) is 8.30. The van der Waals surface area contributed by atoms with Gasteiger partial charge in [0.1, 0.15) is 11.5 Å². The van der Waals surface area contributed by atoms with E-state index < -0.39 is 0 Å². The highest BCUT2D eigenvalue weighted by atomic mass is 16.5. The first kappa shape index (κ1) is 18.8. The maximum absolute atomic E-state index is 5.86. The fourth-order valence-corrected chi connectivity index (χ4v) is 4.60. The molecule has 1 unspecified atom stereocenters. The van der Waals surface area contributed by atoms with Gasteiger partial charge in [-0.1, -0.05) is 42.0 Å². The first-order chi connectivity index (χ1) is 14.7. The summed E-state index contributed by atoms with van der Waals surface area (Å²) < 4.78 is 11.7. The van der Waals surface area contributed by atoms with Crippen LogP contribution in [0.4, 0.5) is 0 Å². The van der Waals surface area contributed by atoms with Crippen molar-refractivity contribution >= 4 is 10.9 Å². The Labute approximate surface area is 176 Å². The second kappa shape index (κ2) is 7.54. The van der Waals surface area contributed by atoms with Crippen molar-refractivity contribution < 1.29 is 9.47 Å². The lowest BCUT2D eigenvalue weighted by molar-refractivity contribution is 0.393. The molecule has 2 N–H and O–H groups in total. The van der Waals surface area contributed by atoms with E-state index in [-0.39, 0.29) is 6.04 Å². The summed E-state index contributed by atoms with van der Waals surface area (Å²) in [6.07, 6.45) is 1.01. The molecule has 4 heteroatoms. The molecule has 0 spiro atoms. The predicted octanol–water partition coefficient (Wildman–Crippen LogP) is 5.40. The SMILES string of the molecule is COc1cc(C2NCCc3c2[nH]c2ccc(C)cc32)c(OC)cc1-c1ccccc1. The summed E-state index contributed by atoms with van der Waals surface area (Å²) in [5, 5.41) is 5.01. The van der Waals surface area contributed by atoms with E-state index in [0.29, 0.717) is 0 Å². The molecule has 1 atom stereocenters. The standard InChI is InChI=1S/C26H26N2O2/c1-16-9-10-22-20(13-16)18-11-12-27-25(26(18)28-22)21-15-23(29-2)19(14-24(21)30-3)17-7-5-4-6-8-17/h4-10,13-15,25,27-28H,11-12H2,1-3H3. The van der Waals surface area contributed by atoms with Gasteiger partial charge >= 0.3 is 0 Å². The zero-order valence-electron chi connectivity index (χ0n) is 17.6. The molecule has 0 radical (unpaired) electrons. The average Bonchev–Trinajstić information content (AvgIpc) is 3.16. The van der Waals surface area contributed by atoms with E-state index in [4.69, 9.17) is 9.47 Å². The van der Waals surface area contributed by atoms with Crippen LogP contribution >= 0.6 is 0 Å². The summed E-state index contributed by atoms with van der Waals surface area (Å²) in [6.45, 7) is 3.07. The van der Waals surface area contributed by atoms with Crippen LogP contribution in [0.1, 0.15) is 28.4 Å². The van der Waals surface area contributed by atoms with Gasteiger partial charge in [-0.15, -0.1) is 0 Å². The maximum Gasteiger partial charge on any atom is 0.127 e. The smallest absolute Gasteiger partial charge is 0.127 e. The van der Waals surface area contributed by atoms with Gasteiger partial charge in [-0.05, 0) is 48.7 Å². The van der Waals surface area contributed by atoms with Crippen molar-refractivity contribution in [3.63, 3.8) is 0 Å². The number of aromatic amines is 1. The van der Waals surface area contributed by atoms with Gasteiger partial charge in [-0.2, -0.15) is 0 Å². The summed E-state index contributed by atoms with van der Waals surface area (Å²) in [7, 11) is 3.46. The molecule has 5 rings (SSSR count). The number of fused-ring (bicyclic) bond motifs is 3. The maximum atomic E-state index is 5.86. The molecule has 4 nitrogen and oxygen atoms in total. The van der Waals surface area contributed by atoms with Crippen molar-refractivity contribution in [2.45, 2.75) is 19.4 Å². The van der Waals surface area contributed by atoms with Gasteiger partial charge in [0, 0.05) is 34.3 Å². The lowest BCUT2D eigenvalue weighted by Gasteiger charge is -2.27. The van der Waals surface area contributed by atoms with Crippen molar-refractivity contribution in [2.75, 3.05) is 20.8 Å². The largest absolute Gasteiger partial charge is 0.496 e. The fourth-order valence-electron chi connectivity index (χ4n) is 4.60. The number of H-pyrrole nitrogens is 1. The molecule has 0 amide bonds. The topological polar surface area (TPSA) is 46.3 Å². The minimum atomic E-state index is 0.0233. The molecule has 1 aliphatic rings. The van der Waals surface area contributed by atoms with Crippen LogP contribution in [0.3, 0.4) is 0 Å². The molecule has 4 aromatic rings. The number of rotatable bonds is 4. The van der Waals surface area contributed by atoms with Crippen LogP contribution < -0.4 is 14.8 Å². The molecular weight excluding hydrogens is 372 g/mol. The van der Waals surface area contributed by atoms with E-state index in [2.05, 4.69) is 59.7 Å². The molecule has 152 valence electrons. The molecule has 0 saturated carbocycles. The van der Waals surface area contributed by atoms with Crippen LogP contribution in [0.25, 0.3) is 22.0 Å². The van der Waals surface area contributed by atoms with Gasteiger partial charge in [0.25, 0.3) is 0 Å². The average molecular weight is 399 g/mol. The lowest BCUT2D eigenvalue weighted by Crippen LogP contribution is -2.30. The Kier molecular flexibility index (Phi) is 4.72. The van der Waals surface area contributed by atoms with Crippen LogP contribution in [0, 0.1) is 6.92 Å². The Bertz CT molecular complexity index is 1210. The quantitative estimate of drug-likeness (QED) is 0.484. The Morgan fingerprint density at radius 1 is 0.900 bits per heavy atom. The van der Waals surface area contributed by atoms with E-state index in [0.717, 1.165) is 41.2 Å². The molecule has 0 bridgehead atoms. The number of nitrogens with one attached hydrogen (secondary N) is 2. The van der Waals surface area contributed by atoms with Crippen molar-refractivity contribution in [2.24, 2.45) is 0 Å². The predicted molar refractivity (Wildman–Crippen MR) is 122 cm³/mol. The molecule has 2 heterocycles. The monoisotopic (exact) mass is 398 g/mol. The van der Waals surface area contributed by atoms with Crippen LogP contribution in [0.5, 0.6) is 11.5 Å². The van der Waals surface area contributed by atoms with E-state index in [1.165, 1.54) is 27.7 Å². The number of aromatic nitrogens is 1. The van der Waals surface area contributed by atoms with Crippen LogP contribution in [0.15, 0.2) is 60.7 Å². The fraction of sp³-hybridized carbons (Fsp3) is 0.231. The van der Waals surface area contributed by atoms with Crippen molar-refractivity contribution in [1.29, 1.82) is 0 Å². The second-order valence-corrected chi connectivity index (χ2v) is 7.86. The first-order valence-electron chi connectivity index (χ1n) is 10.4. The summed E-state index contributed by atoms with van der Waals surface area (Å²) >= 11 is 0. The van der Waals surface area contributed by atoms with Gasteiger partial charge in [0.2, 0.25) is 0 Å². The molecule has 1 aromatic heterocycles. The minimum Gasteiger partial charge on any atom is -0.496 e. The molecular formula is C26H26N2O2. The lowest BCUT2D eigenvalue weighted by atomic mass is 9.91. The Morgan fingerprint density at radius 2 is 1.70 bits per heavy atom. The van der Waals surface area contributed by atoms with Crippen molar-refractivity contribution in [3.8, 4) is 22.6 Å². The Hall–Kier alpha value is -3.24. The molecule has 30 heavy (non-hydrogen) atoms. The molecule has 0 fully saturated rings. The van der Waals surface area contributed by atoms with E-state index >= 15 is 0 Å². The normalized spacial score (nSPS) is 15.8. The number of ether oxygens (including phenoxy) is 2. The van der Waals surface area contributed by atoms with Crippen molar-refractivity contribution in [1.82, 2.24) is 10.3 Å². The Balaban J connectivity index is 1.67. The van der Waals surface area contributed by atoms with Gasteiger partial charge in [0.15, 0.2) is 0 Å².